The fourth-order valence-electron chi connectivity index (χ4n) is 4.06. The van der Waals surface area contributed by atoms with Gasteiger partial charge in [-0.25, -0.2) is 0 Å². The van der Waals surface area contributed by atoms with Gasteiger partial charge in [0, 0.05) is 61.0 Å². The first-order valence-electron chi connectivity index (χ1n) is 9.63. The predicted octanol–water partition coefficient (Wildman–Crippen LogP) is 2.40. The third-order valence-electron chi connectivity index (χ3n) is 5.36. The molecule has 0 amide bonds. The molecule has 2 saturated heterocycles. The van der Waals surface area contributed by atoms with Gasteiger partial charge in [0.2, 0.25) is 0 Å². The van der Waals surface area contributed by atoms with E-state index in [9.17, 15) is 4.21 Å². The summed E-state index contributed by atoms with van der Waals surface area (Å²) in [6.07, 6.45) is 4.85. The van der Waals surface area contributed by atoms with E-state index in [4.69, 9.17) is 4.74 Å². The van der Waals surface area contributed by atoms with Crippen molar-refractivity contribution in [2.75, 3.05) is 45.6 Å². The van der Waals surface area contributed by atoms with Crippen LogP contribution in [0, 0.1) is 5.41 Å². The van der Waals surface area contributed by atoms with Gasteiger partial charge in [0.05, 0.1) is 6.61 Å². The van der Waals surface area contributed by atoms with Crippen LogP contribution in [-0.4, -0.2) is 60.7 Å². The normalized spacial score (nSPS) is 25.3. The van der Waals surface area contributed by atoms with Gasteiger partial charge in [0.15, 0.2) is 5.96 Å². The zero-order valence-electron chi connectivity index (χ0n) is 15.8. The summed E-state index contributed by atoms with van der Waals surface area (Å²) in [7, 11) is 0.974. The lowest BCUT2D eigenvalue weighted by molar-refractivity contribution is -0.0370. The molecule has 0 radical (unpaired) electrons. The van der Waals surface area contributed by atoms with Crippen LogP contribution in [0.4, 0.5) is 0 Å². The molecule has 1 spiro atoms. The minimum atomic E-state index is -0.861. The molecule has 0 aromatic heterocycles. The van der Waals surface area contributed by atoms with E-state index < -0.39 is 10.8 Å². The Morgan fingerprint density at radius 1 is 1.31 bits per heavy atom. The molecule has 0 aliphatic carbocycles. The van der Waals surface area contributed by atoms with E-state index in [1.165, 1.54) is 25.7 Å². The smallest absolute Gasteiger partial charge is 0.193 e. The van der Waals surface area contributed by atoms with Crippen LogP contribution in [0.1, 0.15) is 31.2 Å². The highest BCUT2D eigenvalue weighted by Crippen LogP contribution is 2.37. The minimum Gasteiger partial charge on any atom is -0.381 e. The first kappa shape index (κ1) is 19.4. The van der Waals surface area contributed by atoms with Crippen LogP contribution in [0.15, 0.2) is 35.3 Å². The second-order valence-corrected chi connectivity index (χ2v) is 9.01. The SMILES string of the molecule is CN=C(NCCS(=O)Cc1ccccc1)N1CCCC2(CCCOC2)C1. The lowest BCUT2D eigenvalue weighted by Crippen LogP contribution is -2.53. The maximum Gasteiger partial charge on any atom is 0.193 e. The molecule has 1 N–H and O–H groups in total. The van der Waals surface area contributed by atoms with E-state index in [0.29, 0.717) is 23.5 Å². The zero-order valence-corrected chi connectivity index (χ0v) is 16.6. The fraction of sp³-hybridized carbons (Fsp3) is 0.650. The highest BCUT2D eigenvalue weighted by atomic mass is 32.2. The Kier molecular flexibility index (Phi) is 7.08. The first-order chi connectivity index (χ1) is 12.7. The topological polar surface area (TPSA) is 53.9 Å². The van der Waals surface area contributed by atoms with Crippen molar-refractivity contribution >= 4 is 16.8 Å². The molecule has 2 fully saturated rings. The van der Waals surface area contributed by atoms with Crippen LogP contribution in [-0.2, 0) is 21.3 Å². The number of nitrogens with zero attached hydrogens (tertiary/aromatic N) is 2. The molecule has 1 aromatic rings. The van der Waals surface area contributed by atoms with Crippen molar-refractivity contribution < 1.29 is 8.95 Å². The zero-order chi connectivity index (χ0) is 18.2. The number of guanidine groups is 1. The highest BCUT2D eigenvalue weighted by molar-refractivity contribution is 7.84. The van der Waals surface area contributed by atoms with Crippen LogP contribution >= 0.6 is 0 Å². The van der Waals surface area contributed by atoms with Gasteiger partial charge in [-0.15, -0.1) is 0 Å². The van der Waals surface area contributed by atoms with Gasteiger partial charge in [-0.2, -0.15) is 0 Å². The number of hydrogen-bond acceptors (Lipinski definition) is 3. The molecule has 2 heterocycles. The minimum absolute atomic E-state index is 0.296. The molecule has 2 aliphatic heterocycles. The number of likely N-dealkylation sites (tertiary alicyclic amines) is 1. The lowest BCUT2D eigenvalue weighted by atomic mass is 9.76. The van der Waals surface area contributed by atoms with Crippen LogP contribution in [0.5, 0.6) is 0 Å². The molecule has 2 atom stereocenters. The molecule has 2 aliphatic rings. The molecule has 2 unspecified atom stereocenters. The van der Waals surface area contributed by atoms with Crippen molar-refractivity contribution in [2.24, 2.45) is 10.4 Å². The average Bonchev–Trinajstić information content (AvgIpc) is 2.67. The number of hydrogen-bond donors (Lipinski definition) is 1. The number of aliphatic imine (C=N–C) groups is 1. The van der Waals surface area contributed by atoms with E-state index >= 15 is 0 Å². The van der Waals surface area contributed by atoms with Crippen LogP contribution < -0.4 is 5.32 Å². The Hall–Kier alpha value is -1.40. The molecule has 1 aromatic carbocycles. The maximum absolute atomic E-state index is 12.3. The van der Waals surface area contributed by atoms with Gasteiger partial charge >= 0.3 is 0 Å². The molecule has 0 bridgehead atoms. The second-order valence-electron chi connectivity index (χ2n) is 7.43. The van der Waals surface area contributed by atoms with Crippen molar-refractivity contribution in [3.05, 3.63) is 35.9 Å². The summed E-state index contributed by atoms with van der Waals surface area (Å²) in [5.74, 6) is 2.19. The van der Waals surface area contributed by atoms with Crippen molar-refractivity contribution in [2.45, 2.75) is 31.4 Å². The summed E-state index contributed by atoms with van der Waals surface area (Å²) in [6, 6.07) is 10.0. The maximum atomic E-state index is 12.3. The van der Waals surface area contributed by atoms with Gasteiger partial charge in [-0.05, 0) is 31.2 Å². The largest absolute Gasteiger partial charge is 0.381 e. The van der Waals surface area contributed by atoms with Gasteiger partial charge in [-0.3, -0.25) is 9.20 Å². The Morgan fingerprint density at radius 3 is 2.85 bits per heavy atom. The van der Waals surface area contributed by atoms with Gasteiger partial charge in [0.1, 0.15) is 0 Å². The Morgan fingerprint density at radius 2 is 2.12 bits per heavy atom. The Labute approximate surface area is 159 Å². The molecule has 26 heavy (non-hydrogen) atoms. The molecule has 0 saturated carbocycles. The Balaban J connectivity index is 1.46. The van der Waals surface area contributed by atoms with Crippen LogP contribution in [0.3, 0.4) is 0 Å². The molecule has 6 heteroatoms. The summed E-state index contributed by atoms with van der Waals surface area (Å²) < 4.78 is 18.1. The third-order valence-corrected chi connectivity index (χ3v) is 6.67. The lowest BCUT2D eigenvalue weighted by Gasteiger charge is -2.45. The molecular weight excluding hydrogens is 346 g/mol. The van der Waals surface area contributed by atoms with E-state index in [-0.39, 0.29) is 0 Å². The molecule has 5 nitrogen and oxygen atoms in total. The third kappa shape index (κ3) is 5.30. The summed E-state index contributed by atoms with van der Waals surface area (Å²) in [6.45, 7) is 4.52. The summed E-state index contributed by atoms with van der Waals surface area (Å²) in [5.41, 5.74) is 1.43. The summed E-state index contributed by atoms with van der Waals surface area (Å²) >= 11 is 0. The van der Waals surface area contributed by atoms with Crippen molar-refractivity contribution in [3.63, 3.8) is 0 Å². The molecule has 3 rings (SSSR count). The van der Waals surface area contributed by atoms with Crippen molar-refractivity contribution in [1.29, 1.82) is 0 Å². The van der Waals surface area contributed by atoms with E-state index in [1.807, 2.05) is 37.4 Å². The average molecular weight is 378 g/mol. The van der Waals surface area contributed by atoms with Gasteiger partial charge in [-0.1, -0.05) is 30.3 Å². The standard InChI is InChI=1S/C20H31N3O2S/c1-21-19(22-11-14-26(24)15-18-7-3-2-4-8-18)23-12-5-9-20(16-23)10-6-13-25-17-20/h2-4,7-8H,5-6,9-17H2,1H3,(H,21,22). The Bertz CT molecular complexity index is 609. The fourth-order valence-corrected chi connectivity index (χ4v) is 5.10. The predicted molar refractivity (Wildman–Crippen MR) is 108 cm³/mol. The van der Waals surface area contributed by atoms with Crippen LogP contribution in [0.25, 0.3) is 0 Å². The van der Waals surface area contributed by atoms with E-state index in [1.54, 1.807) is 0 Å². The van der Waals surface area contributed by atoms with Crippen molar-refractivity contribution in [1.82, 2.24) is 10.2 Å². The van der Waals surface area contributed by atoms with Gasteiger partial charge in [0.25, 0.3) is 0 Å². The summed E-state index contributed by atoms with van der Waals surface area (Å²) in [4.78, 5) is 6.82. The number of rotatable bonds is 5. The van der Waals surface area contributed by atoms with Crippen molar-refractivity contribution in [3.8, 4) is 0 Å². The van der Waals surface area contributed by atoms with Gasteiger partial charge < -0.3 is 15.0 Å². The van der Waals surface area contributed by atoms with Crippen LogP contribution in [0.2, 0.25) is 0 Å². The van der Waals surface area contributed by atoms with E-state index in [2.05, 4.69) is 15.2 Å². The number of nitrogens with one attached hydrogen (secondary N) is 1. The monoisotopic (exact) mass is 377 g/mol. The molecular formula is C20H31N3O2S. The van der Waals surface area contributed by atoms with E-state index in [0.717, 1.165) is 37.8 Å². The highest BCUT2D eigenvalue weighted by Gasteiger charge is 2.38. The summed E-state index contributed by atoms with van der Waals surface area (Å²) in [5, 5.41) is 3.42. The second kappa shape index (κ2) is 9.51. The quantitative estimate of drug-likeness (QED) is 0.632. The first-order valence-corrected chi connectivity index (χ1v) is 11.1. The molecule has 144 valence electrons. The number of ether oxygens (including phenoxy) is 1. The number of benzene rings is 1. The number of piperidine rings is 1.